The summed E-state index contributed by atoms with van der Waals surface area (Å²) in [5, 5.41) is 5.95. The van der Waals surface area contributed by atoms with Gasteiger partial charge in [0.1, 0.15) is 12.4 Å². The van der Waals surface area contributed by atoms with Gasteiger partial charge in [0, 0.05) is 11.8 Å². The number of hydrogen-bond acceptors (Lipinski definition) is 3. The molecule has 0 fully saturated rings. The smallest absolute Gasteiger partial charge is 0.238 e. The number of carbonyl (C=O) groups excluding carboxylic acids is 1. The van der Waals surface area contributed by atoms with Gasteiger partial charge in [-0.15, -0.1) is 0 Å². The first-order valence-electron chi connectivity index (χ1n) is 6.99. The summed E-state index contributed by atoms with van der Waals surface area (Å²) < 4.78 is 5.54. The van der Waals surface area contributed by atoms with Crippen molar-refractivity contribution in [2.24, 2.45) is 0 Å². The van der Waals surface area contributed by atoms with Gasteiger partial charge >= 0.3 is 0 Å². The topological polar surface area (TPSA) is 50.4 Å². The maximum Gasteiger partial charge on any atom is 0.238 e. The Balaban J connectivity index is 2.40. The molecule has 1 aromatic rings. The third-order valence-electron chi connectivity index (χ3n) is 2.60. The standard InChI is InChI=1S/C16H24N2O2/c1-4-5-9-17-11-16(19)18-14-7-6-8-15(10-14)20-12-13(2)3/h6-8,10,17H,2,4-5,9,11-12H2,1,3H3,(H,18,19). The zero-order valence-corrected chi connectivity index (χ0v) is 12.4. The van der Waals surface area contributed by atoms with Gasteiger partial charge in [0.2, 0.25) is 5.91 Å². The number of anilines is 1. The normalized spacial score (nSPS) is 10.1. The highest BCUT2D eigenvalue weighted by Gasteiger charge is 2.03. The molecule has 0 spiro atoms. The van der Waals surface area contributed by atoms with Crippen LogP contribution in [0.2, 0.25) is 0 Å². The van der Waals surface area contributed by atoms with Crippen molar-refractivity contribution >= 4 is 11.6 Å². The van der Waals surface area contributed by atoms with Gasteiger partial charge in [-0.25, -0.2) is 0 Å². The first kappa shape index (κ1) is 16.2. The Morgan fingerprint density at radius 3 is 2.90 bits per heavy atom. The van der Waals surface area contributed by atoms with E-state index in [9.17, 15) is 4.79 Å². The lowest BCUT2D eigenvalue weighted by atomic mass is 10.3. The van der Waals surface area contributed by atoms with E-state index >= 15 is 0 Å². The highest BCUT2D eigenvalue weighted by atomic mass is 16.5. The summed E-state index contributed by atoms with van der Waals surface area (Å²) in [6, 6.07) is 7.37. The summed E-state index contributed by atoms with van der Waals surface area (Å²) in [6.07, 6.45) is 2.20. The van der Waals surface area contributed by atoms with Crippen molar-refractivity contribution < 1.29 is 9.53 Å². The fourth-order valence-electron chi connectivity index (χ4n) is 1.58. The van der Waals surface area contributed by atoms with Crippen molar-refractivity contribution in [1.29, 1.82) is 0 Å². The minimum atomic E-state index is -0.0434. The van der Waals surface area contributed by atoms with Gasteiger partial charge in [-0.05, 0) is 37.6 Å². The first-order chi connectivity index (χ1) is 9.61. The predicted octanol–water partition coefficient (Wildman–Crippen LogP) is 2.97. The second kappa shape index (κ2) is 9.15. The van der Waals surface area contributed by atoms with Crippen LogP contribution >= 0.6 is 0 Å². The number of carbonyl (C=O) groups is 1. The molecule has 0 radical (unpaired) electrons. The van der Waals surface area contributed by atoms with Crippen molar-refractivity contribution in [2.75, 3.05) is 25.0 Å². The fraction of sp³-hybridized carbons (Fsp3) is 0.438. The van der Waals surface area contributed by atoms with E-state index in [2.05, 4.69) is 24.1 Å². The molecule has 0 aliphatic heterocycles. The lowest BCUT2D eigenvalue weighted by Crippen LogP contribution is -2.28. The average Bonchev–Trinajstić information content (AvgIpc) is 2.42. The van der Waals surface area contributed by atoms with Crippen molar-refractivity contribution in [3.8, 4) is 5.75 Å². The van der Waals surface area contributed by atoms with Crippen LogP contribution in [-0.4, -0.2) is 25.6 Å². The summed E-state index contributed by atoms with van der Waals surface area (Å²) >= 11 is 0. The first-order valence-corrected chi connectivity index (χ1v) is 6.99. The van der Waals surface area contributed by atoms with Gasteiger partial charge in [0.05, 0.1) is 6.54 Å². The number of benzene rings is 1. The maximum absolute atomic E-state index is 11.7. The van der Waals surface area contributed by atoms with Crippen LogP contribution in [0, 0.1) is 0 Å². The monoisotopic (exact) mass is 276 g/mol. The minimum Gasteiger partial charge on any atom is -0.489 e. The molecule has 4 nitrogen and oxygen atoms in total. The molecule has 0 unspecified atom stereocenters. The van der Waals surface area contributed by atoms with Crippen LogP contribution in [0.15, 0.2) is 36.4 Å². The summed E-state index contributed by atoms with van der Waals surface area (Å²) in [6.45, 7) is 9.50. The van der Waals surface area contributed by atoms with E-state index in [0.29, 0.717) is 13.2 Å². The lowest BCUT2D eigenvalue weighted by molar-refractivity contribution is -0.115. The van der Waals surface area contributed by atoms with Gasteiger partial charge in [-0.1, -0.05) is 26.0 Å². The Morgan fingerprint density at radius 1 is 1.40 bits per heavy atom. The van der Waals surface area contributed by atoms with E-state index in [4.69, 9.17) is 4.74 Å². The SMILES string of the molecule is C=C(C)COc1cccc(NC(=O)CNCCCC)c1. The Bertz CT molecular complexity index is 444. The second-order valence-corrected chi connectivity index (χ2v) is 4.85. The largest absolute Gasteiger partial charge is 0.489 e. The quantitative estimate of drug-likeness (QED) is 0.538. The van der Waals surface area contributed by atoms with E-state index < -0.39 is 0 Å². The summed E-state index contributed by atoms with van der Waals surface area (Å²) in [4.78, 5) is 11.7. The third kappa shape index (κ3) is 6.95. The molecule has 0 aliphatic carbocycles. The van der Waals surface area contributed by atoms with E-state index in [1.165, 1.54) is 0 Å². The van der Waals surface area contributed by atoms with Crippen molar-refractivity contribution in [2.45, 2.75) is 26.7 Å². The molecule has 0 heterocycles. The second-order valence-electron chi connectivity index (χ2n) is 4.85. The van der Waals surface area contributed by atoms with Gasteiger partial charge in [0.15, 0.2) is 0 Å². The van der Waals surface area contributed by atoms with E-state index in [1.54, 1.807) is 0 Å². The molecule has 0 atom stereocenters. The third-order valence-corrected chi connectivity index (χ3v) is 2.60. The summed E-state index contributed by atoms with van der Waals surface area (Å²) in [7, 11) is 0. The molecule has 0 aliphatic rings. The molecule has 110 valence electrons. The molecule has 0 saturated carbocycles. The number of rotatable bonds is 9. The Hall–Kier alpha value is -1.81. The van der Waals surface area contributed by atoms with Gasteiger partial charge < -0.3 is 15.4 Å². The Morgan fingerprint density at radius 2 is 2.20 bits per heavy atom. The van der Waals surface area contributed by atoms with Gasteiger partial charge in [-0.2, -0.15) is 0 Å². The van der Waals surface area contributed by atoms with Crippen molar-refractivity contribution in [1.82, 2.24) is 5.32 Å². The molecule has 0 aromatic heterocycles. The van der Waals surface area contributed by atoms with Gasteiger partial charge in [-0.3, -0.25) is 4.79 Å². The zero-order chi connectivity index (χ0) is 14.8. The number of nitrogens with one attached hydrogen (secondary N) is 2. The molecule has 20 heavy (non-hydrogen) atoms. The number of unbranched alkanes of at least 4 members (excludes halogenated alkanes) is 1. The van der Waals surface area contributed by atoms with Crippen LogP contribution in [0.5, 0.6) is 5.75 Å². The predicted molar refractivity (Wildman–Crippen MR) is 83.2 cm³/mol. The Labute approximate surface area is 121 Å². The molecule has 0 bridgehead atoms. The molecule has 2 N–H and O–H groups in total. The van der Waals surface area contributed by atoms with Crippen molar-refractivity contribution in [3.63, 3.8) is 0 Å². The van der Waals surface area contributed by atoms with Crippen LogP contribution in [0.25, 0.3) is 0 Å². The van der Waals surface area contributed by atoms with Crippen LogP contribution in [0.3, 0.4) is 0 Å². The number of amides is 1. The molecule has 0 saturated heterocycles. The fourth-order valence-corrected chi connectivity index (χ4v) is 1.58. The van der Waals surface area contributed by atoms with E-state index in [1.807, 2.05) is 31.2 Å². The number of hydrogen-bond donors (Lipinski definition) is 2. The van der Waals surface area contributed by atoms with E-state index in [0.717, 1.165) is 36.4 Å². The molecular formula is C16H24N2O2. The molecule has 4 heteroatoms. The minimum absolute atomic E-state index is 0.0434. The average molecular weight is 276 g/mol. The van der Waals surface area contributed by atoms with Crippen LogP contribution in [0.1, 0.15) is 26.7 Å². The highest BCUT2D eigenvalue weighted by molar-refractivity contribution is 5.92. The summed E-state index contributed by atoms with van der Waals surface area (Å²) in [5.74, 6) is 0.683. The summed E-state index contributed by atoms with van der Waals surface area (Å²) in [5.41, 5.74) is 1.70. The lowest BCUT2D eigenvalue weighted by Gasteiger charge is -2.09. The number of ether oxygens (including phenoxy) is 1. The highest BCUT2D eigenvalue weighted by Crippen LogP contribution is 2.17. The molecule has 1 aromatic carbocycles. The molecule has 1 amide bonds. The van der Waals surface area contributed by atoms with Crippen LogP contribution in [0.4, 0.5) is 5.69 Å². The van der Waals surface area contributed by atoms with E-state index in [-0.39, 0.29) is 5.91 Å². The van der Waals surface area contributed by atoms with Crippen LogP contribution < -0.4 is 15.4 Å². The molecule has 1 rings (SSSR count). The maximum atomic E-state index is 11.7. The molecular weight excluding hydrogens is 252 g/mol. The van der Waals surface area contributed by atoms with Gasteiger partial charge in [0.25, 0.3) is 0 Å². The van der Waals surface area contributed by atoms with Crippen molar-refractivity contribution in [3.05, 3.63) is 36.4 Å². The van der Waals surface area contributed by atoms with Crippen LogP contribution in [-0.2, 0) is 4.79 Å². The zero-order valence-electron chi connectivity index (χ0n) is 12.4. The Kier molecular flexibility index (Phi) is 7.43.